The van der Waals surface area contributed by atoms with E-state index in [2.05, 4.69) is 4.99 Å². The second kappa shape index (κ2) is 5.67. The number of nitrogens with zero attached hydrogens (tertiary/aromatic N) is 2. The van der Waals surface area contributed by atoms with Gasteiger partial charge in [-0.25, -0.2) is 0 Å². The van der Waals surface area contributed by atoms with Gasteiger partial charge in [-0.1, -0.05) is 0 Å². The van der Waals surface area contributed by atoms with Gasteiger partial charge in [-0.15, -0.1) is 0 Å². The van der Waals surface area contributed by atoms with E-state index in [9.17, 15) is 9.59 Å². The van der Waals surface area contributed by atoms with Crippen molar-refractivity contribution >= 4 is 17.8 Å². The number of likely N-dealkylation sites (tertiary alicyclic amines) is 1. The highest BCUT2D eigenvalue weighted by Crippen LogP contribution is 2.20. The van der Waals surface area contributed by atoms with Crippen LogP contribution in [0.5, 0.6) is 0 Å². The average Bonchev–Trinajstić information content (AvgIpc) is 2.29. The van der Waals surface area contributed by atoms with Gasteiger partial charge in [0.2, 0.25) is 5.91 Å². The van der Waals surface area contributed by atoms with Gasteiger partial charge in [0.1, 0.15) is 5.54 Å². The molecule has 1 rings (SSSR count). The minimum Gasteiger partial charge on any atom is -0.480 e. The number of aliphatic carboxylic acids is 1. The Labute approximate surface area is 105 Å². The lowest BCUT2D eigenvalue weighted by Crippen LogP contribution is -2.56. The van der Waals surface area contributed by atoms with Crippen LogP contribution in [0.15, 0.2) is 4.99 Å². The normalized spacial score (nSPS) is 18.2. The number of carbonyl (C=O) groups excluding carboxylic acids is 1. The Bertz CT molecular complexity index is 357. The van der Waals surface area contributed by atoms with Crippen molar-refractivity contribution in [3.63, 3.8) is 0 Å². The van der Waals surface area contributed by atoms with Crippen molar-refractivity contribution in [3.8, 4) is 0 Å². The van der Waals surface area contributed by atoms with Gasteiger partial charge in [-0.3, -0.25) is 14.6 Å². The van der Waals surface area contributed by atoms with E-state index in [1.807, 2.05) is 0 Å². The fraction of sp³-hybridized carbons (Fsp3) is 0.700. The summed E-state index contributed by atoms with van der Waals surface area (Å²) in [4.78, 5) is 28.0. The van der Waals surface area contributed by atoms with Gasteiger partial charge in [-0.05, 0) is 12.8 Å². The molecule has 0 aliphatic carbocycles. The van der Waals surface area contributed by atoms with Gasteiger partial charge in [0, 0.05) is 19.5 Å². The second-order valence-corrected chi connectivity index (χ2v) is 4.40. The lowest BCUT2D eigenvalue weighted by atomic mass is 9.89. The standard InChI is InChI=1S/C10H19N5O3/c11-9(12)14-4-1-7(16)15-5-2-10(13,3-6-15)8(17)18/h1-6,13H2,(H,17,18)(H4,11,12,14). The maximum Gasteiger partial charge on any atom is 0.323 e. The van der Waals surface area contributed by atoms with E-state index in [0.717, 1.165) is 0 Å². The van der Waals surface area contributed by atoms with Crippen molar-refractivity contribution in [1.29, 1.82) is 0 Å². The van der Waals surface area contributed by atoms with Crippen LogP contribution in [0.25, 0.3) is 0 Å². The lowest BCUT2D eigenvalue weighted by molar-refractivity contribution is -0.147. The quantitative estimate of drug-likeness (QED) is 0.340. The maximum atomic E-state index is 11.7. The zero-order valence-electron chi connectivity index (χ0n) is 10.1. The molecule has 7 N–H and O–H groups in total. The molecule has 0 radical (unpaired) electrons. The number of hydrogen-bond donors (Lipinski definition) is 4. The van der Waals surface area contributed by atoms with Crippen LogP contribution in [0.2, 0.25) is 0 Å². The predicted octanol–water partition coefficient (Wildman–Crippen LogP) is -1.95. The smallest absolute Gasteiger partial charge is 0.323 e. The molecule has 8 heteroatoms. The third-order valence-electron chi connectivity index (χ3n) is 3.05. The van der Waals surface area contributed by atoms with Crippen molar-refractivity contribution in [2.75, 3.05) is 19.6 Å². The Balaban J connectivity index is 2.41. The molecule has 0 spiro atoms. The van der Waals surface area contributed by atoms with Crippen LogP contribution in [0, 0.1) is 0 Å². The summed E-state index contributed by atoms with van der Waals surface area (Å²) in [5, 5.41) is 8.95. The van der Waals surface area contributed by atoms with E-state index >= 15 is 0 Å². The highest BCUT2D eigenvalue weighted by molar-refractivity contribution is 5.81. The van der Waals surface area contributed by atoms with E-state index in [1.54, 1.807) is 4.90 Å². The first-order valence-corrected chi connectivity index (χ1v) is 5.70. The van der Waals surface area contributed by atoms with E-state index < -0.39 is 11.5 Å². The van der Waals surface area contributed by atoms with Crippen molar-refractivity contribution < 1.29 is 14.7 Å². The molecule has 1 saturated heterocycles. The Morgan fingerprint density at radius 2 is 1.83 bits per heavy atom. The summed E-state index contributed by atoms with van der Waals surface area (Å²) >= 11 is 0. The Morgan fingerprint density at radius 3 is 2.28 bits per heavy atom. The Hall–Kier alpha value is -1.83. The molecule has 1 amide bonds. The summed E-state index contributed by atoms with van der Waals surface area (Å²) in [6, 6.07) is 0. The highest BCUT2D eigenvalue weighted by atomic mass is 16.4. The molecule has 0 aromatic heterocycles. The lowest BCUT2D eigenvalue weighted by Gasteiger charge is -2.36. The Morgan fingerprint density at radius 1 is 1.28 bits per heavy atom. The molecule has 18 heavy (non-hydrogen) atoms. The molecular weight excluding hydrogens is 238 g/mol. The molecule has 0 bridgehead atoms. The molecule has 0 aromatic carbocycles. The SMILES string of the molecule is NC(N)=NCCC(=O)N1CCC(N)(C(=O)O)CC1. The van der Waals surface area contributed by atoms with Crippen LogP contribution in [-0.4, -0.2) is 53.0 Å². The van der Waals surface area contributed by atoms with E-state index in [4.69, 9.17) is 22.3 Å². The summed E-state index contributed by atoms with van der Waals surface area (Å²) in [5.74, 6) is -1.16. The fourth-order valence-corrected chi connectivity index (χ4v) is 1.81. The number of rotatable bonds is 4. The zero-order chi connectivity index (χ0) is 13.8. The molecule has 0 saturated carbocycles. The minimum absolute atomic E-state index is 0.0479. The molecule has 102 valence electrons. The second-order valence-electron chi connectivity index (χ2n) is 4.40. The number of hydrogen-bond acceptors (Lipinski definition) is 4. The van der Waals surface area contributed by atoms with E-state index in [1.165, 1.54) is 0 Å². The monoisotopic (exact) mass is 257 g/mol. The van der Waals surface area contributed by atoms with Gasteiger partial charge in [-0.2, -0.15) is 0 Å². The molecule has 0 atom stereocenters. The summed E-state index contributed by atoms with van der Waals surface area (Å²) in [7, 11) is 0. The minimum atomic E-state index is -1.21. The maximum absolute atomic E-state index is 11.7. The number of piperidine rings is 1. The predicted molar refractivity (Wildman–Crippen MR) is 65.7 cm³/mol. The van der Waals surface area contributed by atoms with Crippen LogP contribution in [0.4, 0.5) is 0 Å². The molecule has 1 heterocycles. The number of aliphatic imine (C=N–C) groups is 1. The topological polar surface area (TPSA) is 148 Å². The third kappa shape index (κ3) is 3.59. The van der Waals surface area contributed by atoms with Gasteiger partial charge < -0.3 is 27.2 Å². The molecule has 1 aliphatic heterocycles. The highest BCUT2D eigenvalue weighted by Gasteiger charge is 2.38. The van der Waals surface area contributed by atoms with Crippen molar-refractivity contribution in [1.82, 2.24) is 4.90 Å². The number of carboxylic acid groups (broad SMARTS) is 1. The molecule has 0 unspecified atom stereocenters. The van der Waals surface area contributed by atoms with Crippen LogP contribution in [0.1, 0.15) is 19.3 Å². The third-order valence-corrected chi connectivity index (χ3v) is 3.05. The molecule has 8 nitrogen and oxygen atoms in total. The van der Waals surface area contributed by atoms with Crippen LogP contribution in [0.3, 0.4) is 0 Å². The van der Waals surface area contributed by atoms with Crippen LogP contribution in [-0.2, 0) is 9.59 Å². The van der Waals surface area contributed by atoms with Gasteiger partial charge in [0.15, 0.2) is 5.96 Å². The summed E-state index contributed by atoms with van der Waals surface area (Å²) in [5.41, 5.74) is 14.8. The van der Waals surface area contributed by atoms with Crippen LogP contribution >= 0.6 is 0 Å². The van der Waals surface area contributed by atoms with Gasteiger partial charge >= 0.3 is 5.97 Å². The van der Waals surface area contributed by atoms with Gasteiger partial charge in [0.05, 0.1) is 6.54 Å². The van der Waals surface area contributed by atoms with Crippen molar-refractivity contribution in [2.45, 2.75) is 24.8 Å². The first kappa shape index (κ1) is 14.2. The molecule has 1 fully saturated rings. The fourth-order valence-electron chi connectivity index (χ4n) is 1.81. The summed E-state index contributed by atoms with van der Waals surface area (Å²) in [6.45, 7) is 0.942. The van der Waals surface area contributed by atoms with Gasteiger partial charge in [0.25, 0.3) is 0 Å². The molecular formula is C10H19N5O3. The van der Waals surface area contributed by atoms with Crippen molar-refractivity contribution in [3.05, 3.63) is 0 Å². The first-order valence-electron chi connectivity index (χ1n) is 5.70. The Kier molecular flexibility index (Phi) is 4.49. The number of nitrogens with two attached hydrogens (primary N) is 3. The number of guanidine groups is 1. The van der Waals surface area contributed by atoms with E-state index in [-0.39, 0.29) is 37.7 Å². The molecule has 0 aromatic rings. The van der Waals surface area contributed by atoms with Crippen molar-refractivity contribution in [2.24, 2.45) is 22.2 Å². The first-order chi connectivity index (χ1) is 8.35. The summed E-state index contributed by atoms with van der Waals surface area (Å²) < 4.78 is 0. The number of amides is 1. The summed E-state index contributed by atoms with van der Waals surface area (Å²) in [6.07, 6.45) is 0.731. The zero-order valence-corrected chi connectivity index (χ0v) is 10.1. The number of carboxylic acids is 1. The number of carbonyl (C=O) groups is 2. The molecule has 1 aliphatic rings. The largest absolute Gasteiger partial charge is 0.480 e. The van der Waals surface area contributed by atoms with E-state index in [0.29, 0.717) is 13.1 Å². The average molecular weight is 257 g/mol. The van der Waals surface area contributed by atoms with Crippen LogP contribution < -0.4 is 17.2 Å².